The fourth-order valence-corrected chi connectivity index (χ4v) is 2.45. The Morgan fingerprint density at radius 2 is 1.76 bits per heavy atom. The van der Waals surface area contributed by atoms with Gasteiger partial charge in [0, 0.05) is 20.0 Å². The third-order valence-corrected chi connectivity index (χ3v) is 3.82. The van der Waals surface area contributed by atoms with Crippen LogP contribution >= 0.6 is 0 Å². The molecule has 1 aromatic carbocycles. The Morgan fingerprint density at radius 3 is 2.43 bits per heavy atom. The molecule has 0 radical (unpaired) electrons. The molecule has 0 fully saturated rings. The second-order valence-corrected chi connectivity index (χ2v) is 5.16. The van der Waals surface area contributed by atoms with Crippen molar-refractivity contribution in [3.63, 3.8) is 0 Å². The average molecular weight is 284 g/mol. The SMILES string of the molecule is C[C@H](c1ccccc1)c1nc2c([nH]1)c(=O)n(C)c(=O)n2C. The lowest BCUT2D eigenvalue weighted by molar-refractivity contribution is 0.708. The normalized spacial score (nSPS) is 12.7. The number of aromatic nitrogens is 4. The maximum atomic E-state index is 12.2. The molecular formula is C15H16N4O2. The molecule has 2 aromatic heterocycles. The van der Waals surface area contributed by atoms with Gasteiger partial charge in [0.15, 0.2) is 5.65 Å². The number of fused-ring (bicyclic) bond motifs is 1. The Hall–Kier alpha value is -2.63. The van der Waals surface area contributed by atoms with E-state index in [1.165, 1.54) is 11.6 Å². The van der Waals surface area contributed by atoms with Gasteiger partial charge in [-0.25, -0.2) is 9.78 Å². The molecule has 0 amide bonds. The molecule has 2 heterocycles. The van der Waals surface area contributed by atoms with E-state index in [1.807, 2.05) is 37.3 Å². The molecule has 21 heavy (non-hydrogen) atoms. The third-order valence-electron chi connectivity index (χ3n) is 3.82. The molecule has 0 saturated carbocycles. The van der Waals surface area contributed by atoms with Crippen molar-refractivity contribution in [1.82, 2.24) is 19.1 Å². The Bertz CT molecular complexity index is 918. The van der Waals surface area contributed by atoms with Gasteiger partial charge in [-0.3, -0.25) is 13.9 Å². The topological polar surface area (TPSA) is 72.7 Å². The van der Waals surface area contributed by atoms with Crippen LogP contribution in [0.4, 0.5) is 0 Å². The zero-order chi connectivity index (χ0) is 15.1. The fourth-order valence-electron chi connectivity index (χ4n) is 2.45. The zero-order valence-corrected chi connectivity index (χ0v) is 12.1. The van der Waals surface area contributed by atoms with Crippen LogP contribution in [0, 0.1) is 0 Å². The van der Waals surface area contributed by atoms with E-state index in [2.05, 4.69) is 9.97 Å². The summed E-state index contributed by atoms with van der Waals surface area (Å²) in [6, 6.07) is 9.89. The van der Waals surface area contributed by atoms with Crippen molar-refractivity contribution in [2.75, 3.05) is 0 Å². The standard InChI is InChI=1S/C15H16N4O2/c1-9(10-7-5-4-6-8-10)12-16-11-13(17-12)18(2)15(21)19(3)14(11)20/h4-9H,1-3H3,(H,16,17)/t9-/m1/s1. The van der Waals surface area contributed by atoms with Gasteiger partial charge in [0.1, 0.15) is 11.3 Å². The highest BCUT2D eigenvalue weighted by Gasteiger charge is 2.17. The molecule has 108 valence electrons. The first-order valence-electron chi connectivity index (χ1n) is 6.71. The molecule has 0 unspecified atom stereocenters. The molecule has 3 rings (SSSR count). The number of hydrogen-bond donors (Lipinski definition) is 1. The number of nitrogens with zero attached hydrogens (tertiary/aromatic N) is 3. The van der Waals surface area contributed by atoms with E-state index in [1.54, 1.807) is 7.05 Å². The first-order valence-corrected chi connectivity index (χ1v) is 6.71. The number of hydrogen-bond acceptors (Lipinski definition) is 3. The Labute approximate surface area is 120 Å². The monoisotopic (exact) mass is 284 g/mol. The first-order chi connectivity index (χ1) is 10.0. The van der Waals surface area contributed by atoms with Crippen molar-refractivity contribution < 1.29 is 0 Å². The molecule has 0 bridgehead atoms. The van der Waals surface area contributed by atoms with E-state index in [4.69, 9.17) is 0 Å². The van der Waals surface area contributed by atoms with Gasteiger partial charge in [-0.15, -0.1) is 0 Å². The lowest BCUT2D eigenvalue weighted by atomic mass is 10.0. The molecule has 0 aliphatic rings. The van der Waals surface area contributed by atoms with Crippen LogP contribution in [0.25, 0.3) is 11.2 Å². The lowest BCUT2D eigenvalue weighted by Crippen LogP contribution is -2.36. The van der Waals surface area contributed by atoms with Crippen LogP contribution in [0.15, 0.2) is 39.9 Å². The maximum absolute atomic E-state index is 12.2. The second kappa shape index (κ2) is 4.73. The van der Waals surface area contributed by atoms with Crippen LogP contribution in [-0.4, -0.2) is 19.1 Å². The summed E-state index contributed by atoms with van der Waals surface area (Å²) in [6.45, 7) is 2.01. The van der Waals surface area contributed by atoms with Gasteiger partial charge < -0.3 is 4.98 Å². The minimum absolute atomic E-state index is 0.0124. The minimum Gasteiger partial charge on any atom is -0.336 e. The van der Waals surface area contributed by atoms with Gasteiger partial charge in [-0.05, 0) is 5.56 Å². The fraction of sp³-hybridized carbons (Fsp3) is 0.267. The molecule has 1 N–H and O–H groups in total. The van der Waals surface area contributed by atoms with Crippen molar-refractivity contribution in [1.29, 1.82) is 0 Å². The highest BCUT2D eigenvalue weighted by Crippen LogP contribution is 2.22. The van der Waals surface area contributed by atoms with Crippen molar-refractivity contribution in [2.45, 2.75) is 12.8 Å². The lowest BCUT2D eigenvalue weighted by Gasteiger charge is -2.07. The Kier molecular flexibility index (Phi) is 3.01. The molecule has 6 heteroatoms. The number of rotatable bonds is 2. The summed E-state index contributed by atoms with van der Waals surface area (Å²) in [5.41, 5.74) is 1.11. The van der Waals surface area contributed by atoms with Crippen LogP contribution in [0.2, 0.25) is 0 Å². The van der Waals surface area contributed by atoms with E-state index in [-0.39, 0.29) is 17.2 Å². The van der Waals surface area contributed by atoms with Gasteiger partial charge in [0.2, 0.25) is 0 Å². The van der Waals surface area contributed by atoms with Crippen molar-refractivity contribution in [3.8, 4) is 0 Å². The smallest absolute Gasteiger partial charge is 0.332 e. The van der Waals surface area contributed by atoms with E-state index in [0.29, 0.717) is 17.0 Å². The molecule has 6 nitrogen and oxygen atoms in total. The summed E-state index contributed by atoms with van der Waals surface area (Å²) >= 11 is 0. The predicted octanol–water partition coefficient (Wildman–Crippen LogP) is 1.11. The largest absolute Gasteiger partial charge is 0.336 e. The molecule has 0 saturated heterocycles. The third kappa shape index (κ3) is 1.99. The summed E-state index contributed by atoms with van der Waals surface area (Å²) in [6.07, 6.45) is 0. The Morgan fingerprint density at radius 1 is 1.10 bits per heavy atom. The van der Waals surface area contributed by atoms with Gasteiger partial charge in [0.25, 0.3) is 5.56 Å². The number of nitrogens with one attached hydrogen (secondary N) is 1. The van der Waals surface area contributed by atoms with Crippen LogP contribution in [0.5, 0.6) is 0 Å². The number of aryl methyl sites for hydroxylation is 1. The highest BCUT2D eigenvalue weighted by molar-refractivity contribution is 5.70. The van der Waals surface area contributed by atoms with Gasteiger partial charge in [-0.2, -0.15) is 0 Å². The number of benzene rings is 1. The van der Waals surface area contributed by atoms with Crippen molar-refractivity contribution in [2.24, 2.45) is 14.1 Å². The van der Waals surface area contributed by atoms with Crippen molar-refractivity contribution in [3.05, 3.63) is 62.6 Å². The first kappa shape index (κ1) is 13.4. The summed E-state index contributed by atoms with van der Waals surface area (Å²) in [5, 5.41) is 0. The summed E-state index contributed by atoms with van der Waals surface area (Å²) in [5.74, 6) is 0.688. The van der Waals surface area contributed by atoms with Crippen LogP contribution < -0.4 is 11.2 Å². The summed E-state index contributed by atoms with van der Waals surface area (Å²) in [7, 11) is 3.08. The van der Waals surface area contributed by atoms with E-state index < -0.39 is 0 Å². The molecule has 0 aliphatic heterocycles. The zero-order valence-electron chi connectivity index (χ0n) is 12.1. The van der Waals surface area contributed by atoms with Crippen LogP contribution in [-0.2, 0) is 14.1 Å². The number of aromatic amines is 1. The summed E-state index contributed by atoms with van der Waals surface area (Å²) in [4.78, 5) is 31.6. The van der Waals surface area contributed by atoms with E-state index in [0.717, 1.165) is 10.1 Å². The molecular weight excluding hydrogens is 268 g/mol. The van der Waals surface area contributed by atoms with Crippen LogP contribution in [0.1, 0.15) is 24.2 Å². The molecule has 1 atom stereocenters. The van der Waals surface area contributed by atoms with Gasteiger partial charge in [0.05, 0.1) is 0 Å². The predicted molar refractivity (Wildman–Crippen MR) is 80.5 cm³/mol. The van der Waals surface area contributed by atoms with Gasteiger partial charge in [-0.1, -0.05) is 37.3 Å². The molecule has 0 aliphatic carbocycles. The average Bonchev–Trinajstić information content (AvgIpc) is 2.96. The molecule has 3 aromatic rings. The maximum Gasteiger partial charge on any atom is 0.332 e. The number of imidazole rings is 1. The molecule has 0 spiro atoms. The van der Waals surface area contributed by atoms with E-state index in [9.17, 15) is 9.59 Å². The second-order valence-electron chi connectivity index (χ2n) is 5.16. The van der Waals surface area contributed by atoms with E-state index >= 15 is 0 Å². The minimum atomic E-state index is -0.377. The Balaban J connectivity index is 2.23. The van der Waals surface area contributed by atoms with Gasteiger partial charge >= 0.3 is 5.69 Å². The quantitative estimate of drug-likeness (QED) is 0.766. The highest BCUT2D eigenvalue weighted by atomic mass is 16.2. The van der Waals surface area contributed by atoms with Crippen LogP contribution in [0.3, 0.4) is 0 Å². The summed E-state index contributed by atoms with van der Waals surface area (Å²) < 4.78 is 2.46. The number of H-pyrrole nitrogens is 1. The van der Waals surface area contributed by atoms with Crippen molar-refractivity contribution >= 4 is 11.2 Å².